The van der Waals surface area contributed by atoms with Crippen LogP contribution < -0.4 is 0 Å². The third kappa shape index (κ3) is 3.20. The van der Waals surface area contributed by atoms with Crippen LogP contribution in [-0.4, -0.2) is 18.1 Å². The Bertz CT molecular complexity index is 364. The lowest BCUT2D eigenvalue weighted by atomic mass is 10.1. The highest BCUT2D eigenvalue weighted by Crippen LogP contribution is 2.16. The van der Waals surface area contributed by atoms with Crippen molar-refractivity contribution in [1.82, 2.24) is 4.98 Å². The number of aromatic nitrogens is 1. The van der Waals surface area contributed by atoms with Crippen LogP contribution in [0.1, 0.15) is 29.9 Å². The van der Waals surface area contributed by atoms with E-state index >= 15 is 0 Å². The van der Waals surface area contributed by atoms with Crippen LogP contribution in [0.3, 0.4) is 0 Å². The Hall–Kier alpha value is -1.09. The normalized spacial score (nSPS) is 10.5. The van der Waals surface area contributed by atoms with Crippen LogP contribution in [0.4, 0.5) is 0 Å². The summed E-state index contributed by atoms with van der Waals surface area (Å²) in [5, 5.41) is 0.208. The second kappa shape index (κ2) is 5.12. The summed E-state index contributed by atoms with van der Waals surface area (Å²) in [5.41, 5.74) is 1.20. The van der Waals surface area contributed by atoms with Gasteiger partial charge in [0.25, 0.3) is 0 Å². The second-order valence-electron chi connectivity index (χ2n) is 3.73. The zero-order chi connectivity index (χ0) is 11.4. The van der Waals surface area contributed by atoms with Gasteiger partial charge in [0.05, 0.1) is 12.7 Å². The maximum atomic E-state index is 11.2. The molecule has 82 valence electrons. The van der Waals surface area contributed by atoms with Crippen molar-refractivity contribution >= 4 is 17.6 Å². The van der Waals surface area contributed by atoms with E-state index in [1.165, 1.54) is 7.11 Å². The smallest absolute Gasteiger partial charge is 0.341 e. The van der Waals surface area contributed by atoms with Gasteiger partial charge in [-0.2, -0.15) is 0 Å². The first-order chi connectivity index (χ1) is 7.04. The number of hydrogen-bond donors (Lipinski definition) is 0. The molecular formula is C11H14ClNO2. The van der Waals surface area contributed by atoms with Crippen molar-refractivity contribution in [3.63, 3.8) is 0 Å². The van der Waals surface area contributed by atoms with E-state index in [4.69, 9.17) is 11.6 Å². The van der Waals surface area contributed by atoms with Gasteiger partial charge in [-0.25, -0.2) is 9.78 Å². The van der Waals surface area contributed by atoms with Crippen LogP contribution in [0.2, 0.25) is 5.15 Å². The fourth-order valence-corrected chi connectivity index (χ4v) is 1.51. The van der Waals surface area contributed by atoms with Crippen molar-refractivity contribution in [2.24, 2.45) is 5.92 Å². The lowest BCUT2D eigenvalue weighted by molar-refractivity contribution is 0.0600. The summed E-state index contributed by atoms with van der Waals surface area (Å²) in [6.45, 7) is 4.20. The Balaban J connectivity index is 2.93. The van der Waals surface area contributed by atoms with Crippen molar-refractivity contribution in [2.45, 2.75) is 20.3 Å². The molecule has 0 N–H and O–H groups in total. The maximum Gasteiger partial charge on any atom is 0.341 e. The number of methoxy groups -OCH3 is 1. The van der Waals surface area contributed by atoms with Gasteiger partial charge in [-0.1, -0.05) is 25.4 Å². The summed E-state index contributed by atoms with van der Waals surface area (Å²) in [7, 11) is 1.32. The highest BCUT2D eigenvalue weighted by Gasteiger charge is 2.12. The van der Waals surface area contributed by atoms with Crippen LogP contribution in [0.5, 0.6) is 0 Å². The molecule has 0 radical (unpaired) electrons. The summed E-state index contributed by atoms with van der Waals surface area (Å²) in [5.74, 6) is 0.0566. The van der Waals surface area contributed by atoms with Crippen LogP contribution in [0.25, 0.3) is 0 Å². The number of carbonyl (C=O) groups excluding carboxylic acids is 1. The highest BCUT2D eigenvalue weighted by molar-refractivity contribution is 6.32. The molecule has 0 saturated heterocycles. The van der Waals surface area contributed by atoms with Crippen LogP contribution in [-0.2, 0) is 11.2 Å². The Morgan fingerprint density at radius 1 is 1.53 bits per heavy atom. The van der Waals surface area contributed by atoms with Gasteiger partial charge < -0.3 is 4.74 Å². The molecule has 4 heteroatoms. The Labute approximate surface area is 94.4 Å². The minimum absolute atomic E-state index is 0.208. The number of carbonyl (C=O) groups is 1. The zero-order valence-corrected chi connectivity index (χ0v) is 9.84. The standard InChI is InChI=1S/C11H14ClNO2/c1-7(2)6-8-4-5-9(10(12)13-8)11(14)15-3/h4-5,7H,6H2,1-3H3. The number of nitrogens with zero attached hydrogens (tertiary/aromatic N) is 1. The maximum absolute atomic E-state index is 11.2. The van der Waals surface area contributed by atoms with Gasteiger partial charge in [-0.15, -0.1) is 0 Å². The third-order valence-corrected chi connectivity index (χ3v) is 2.22. The average Bonchev–Trinajstić information content (AvgIpc) is 2.16. The van der Waals surface area contributed by atoms with E-state index in [9.17, 15) is 4.79 Å². The summed E-state index contributed by atoms with van der Waals surface area (Å²) < 4.78 is 4.57. The van der Waals surface area contributed by atoms with Gasteiger partial charge in [0.1, 0.15) is 5.15 Å². The number of hydrogen-bond acceptors (Lipinski definition) is 3. The van der Waals surface area contributed by atoms with Gasteiger partial charge in [0.2, 0.25) is 0 Å². The molecule has 0 aliphatic heterocycles. The molecule has 0 aliphatic rings. The average molecular weight is 228 g/mol. The van der Waals surface area contributed by atoms with E-state index < -0.39 is 5.97 Å². The Morgan fingerprint density at radius 3 is 2.67 bits per heavy atom. The number of halogens is 1. The molecule has 1 aromatic heterocycles. The summed E-state index contributed by atoms with van der Waals surface area (Å²) in [6, 6.07) is 3.46. The highest BCUT2D eigenvalue weighted by atomic mass is 35.5. The first-order valence-electron chi connectivity index (χ1n) is 4.78. The predicted molar refractivity (Wildman–Crippen MR) is 59.1 cm³/mol. The number of esters is 1. The summed E-state index contributed by atoms with van der Waals surface area (Å²) in [6.07, 6.45) is 0.848. The molecule has 0 unspecified atom stereocenters. The van der Waals surface area contributed by atoms with Gasteiger partial charge >= 0.3 is 5.97 Å². The van der Waals surface area contributed by atoms with Crippen LogP contribution >= 0.6 is 11.6 Å². The van der Waals surface area contributed by atoms with Crippen molar-refractivity contribution in [1.29, 1.82) is 0 Å². The fourth-order valence-electron chi connectivity index (χ4n) is 1.27. The molecule has 0 spiro atoms. The molecule has 0 atom stereocenters. The molecule has 1 heterocycles. The molecule has 15 heavy (non-hydrogen) atoms. The predicted octanol–water partition coefficient (Wildman–Crippen LogP) is 2.72. The van der Waals surface area contributed by atoms with E-state index in [1.54, 1.807) is 12.1 Å². The fraction of sp³-hybridized carbons (Fsp3) is 0.455. The molecule has 1 aromatic rings. The van der Waals surface area contributed by atoms with Gasteiger partial charge in [0.15, 0.2) is 0 Å². The zero-order valence-electron chi connectivity index (χ0n) is 9.08. The quantitative estimate of drug-likeness (QED) is 0.589. The minimum atomic E-state index is -0.455. The number of pyridine rings is 1. The molecule has 0 aliphatic carbocycles. The molecule has 0 bridgehead atoms. The molecule has 0 aromatic carbocycles. The first-order valence-corrected chi connectivity index (χ1v) is 5.16. The monoisotopic (exact) mass is 227 g/mol. The molecular weight excluding hydrogens is 214 g/mol. The summed E-state index contributed by atoms with van der Waals surface area (Å²) in [4.78, 5) is 15.4. The topological polar surface area (TPSA) is 39.2 Å². The lowest BCUT2D eigenvalue weighted by Gasteiger charge is -2.06. The van der Waals surface area contributed by atoms with Gasteiger partial charge in [-0.3, -0.25) is 0 Å². The number of rotatable bonds is 3. The second-order valence-corrected chi connectivity index (χ2v) is 4.09. The van der Waals surface area contributed by atoms with Crippen molar-refractivity contribution in [3.8, 4) is 0 Å². The van der Waals surface area contributed by atoms with E-state index in [1.807, 2.05) is 0 Å². The van der Waals surface area contributed by atoms with Gasteiger partial charge in [0, 0.05) is 5.69 Å². The van der Waals surface area contributed by atoms with Crippen molar-refractivity contribution in [3.05, 3.63) is 28.5 Å². The Kier molecular flexibility index (Phi) is 4.09. The van der Waals surface area contributed by atoms with Crippen LogP contribution in [0, 0.1) is 5.92 Å². The number of ether oxygens (including phenoxy) is 1. The van der Waals surface area contributed by atoms with Crippen molar-refractivity contribution < 1.29 is 9.53 Å². The van der Waals surface area contributed by atoms with Crippen LogP contribution in [0.15, 0.2) is 12.1 Å². The molecule has 3 nitrogen and oxygen atoms in total. The largest absolute Gasteiger partial charge is 0.465 e. The SMILES string of the molecule is COC(=O)c1ccc(CC(C)C)nc1Cl. The lowest BCUT2D eigenvalue weighted by Crippen LogP contribution is -2.05. The summed E-state index contributed by atoms with van der Waals surface area (Å²) >= 11 is 5.87. The Morgan fingerprint density at radius 2 is 2.20 bits per heavy atom. The van der Waals surface area contributed by atoms with E-state index in [2.05, 4.69) is 23.6 Å². The molecule has 0 amide bonds. The third-order valence-electron chi connectivity index (χ3n) is 1.93. The molecule has 0 saturated carbocycles. The van der Waals surface area contributed by atoms with Crippen molar-refractivity contribution in [2.75, 3.05) is 7.11 Å². The van der Waals surface area contributed by atoms with E-state index in [0.29, 0.717) is 11.5 Å². The van der Waals surface area contributed by atoms with E-state index in [0.717, 1.165) is 12.1 Å². The minimum Gasteiger partial charge on any atom is -0.465 e. The molecule has 0 fully saturated rings. The first kappa shape index (κ1) is 12.0. The van der Waals surface area contributed by atoms with E-state index in [-0.39, 0.29) is 5.15 Å². The van der Waals surface area contributed by atoms with Gasteiger partial charge in [-0.05, 0) is 24.5 Å². The molecule has 1 rings (SSSR count).